The number of urea groups is 1. The monoisotopic (exact) mass is 459 g/mol. The van der Waals surface area contributed by atoms with E-state index in [0.29, 0.717) is 17.6 Å². The van der Waals surface area contributed by atoms with E-state index in [4.69, 9.17) is 0 Å². The number of hydrogen-bond acceptors (Lipinski definition) is 4. The van der Waals surface area contributed by atoms with Crippen LogP contribution in [0.4, 0.5) is 16.2 Å². The van der Waals surface area contributed by atoms with Crippen molar-refractivity contribution in [3.8, 4) is 0 Å². The molecule has 0 bridgehead atoms. The van der Waals surface area contributed by atoms with Crippen LogP contribution in [0.3, 0.4) is 0 Å². The number of hydrogen-bond donors (Lipinski definition) is 1. The fourth-order valence-corrected chi connectivity index (χ4v) is 5.68. The van der Waals surface area contributed by atoms with Gasteiger partial charge in [-0.25, -0.2) is 9.69 Å². The summed E-state index contributed by atoms with van der Waals surface area (Å²) in [5, 5.41) is 2.32. The van der Waals surface area contributed by atoms with Gasteiger partial charge in [-0.15, -0.1) is 0 Å². The number of aryl methyl sites for hydroxylation is 2. The maximum absolute atomic E-state index is 13.3. The fraction of sp³-hybridized carbons (Fsp3) is 0.393. The second kappa shape index (κ2) is 8.42. The number of nitrogens with one attached hydrogen (secondary N) is 1. The van der Waals surface area contributed by atoms with E-state index in [2.05, 4.69) is 57.0 Å². The average Bonchev–Trinajstić information content (AvgIpc) is 2.69. The maximum atomic E-state index is 13.3. The van der Waals surface area contributed by atoms with Gasteiger partial charge < -0.3 is 4.90 Å². The van der Waals surface area contributed by atoms with Crippen LogP contribution in [0.1, 0.15) is 69.2 Å². The van der Waals surface area contributed by atoms with Crippen LogP contribution in [0, 0.1) is 13.8 Å². The van der Waals surface area contributed by atoms with Gasteiger partial charge in [-0.2, -0.15) is 0 Å². The average molecular weight is 460 g/mol. The molecule has 0 radical (unpaired) electrons. The number of barbiturate groups is 1. The Kier molecular flexibility index (Phi) is 5.88. The minimum Gasteiger partial charge on any atom is -0.364 e. The number of anilines is 2. The van der Waals surface area contributed by atoms with Crippen molar-refractivity contribution in [2.45, 2.75) is 72.4 Å². The molecule has 0 spiro atoms. The second-order valence-electron chi connectivity index (χ2n) is 10.5. The predicted octanol–water partition coefficient (Wildman–Crippen LogP) is 5.47. The zero-order valence-electron chi connectivity index (χ0n) is 21.0. The molecular formula is C28H33N3O3. The maximum Gasteiger partial charge on any atom is 0.335 e. The minimum absolute atomic E-state index is 0.0343. The van der Waals surface area contributed by atoms with Crippen molar-refractivity contribution in [2.75, 3.05) is 9.80 Å². The molecule has 4 rings (SSSR count). The summed E-state index contributed by atoms with van der Waals surface area (Å²) in [6, 6.07) is 11.2. The first-order valence-corrected chi connectivity index (χ1v) is 11.8. The standard InChI is InChI=1S/C28H33N3O3/c1-16(2)31-24-9-8-20(13-22(24)19(5)15-28(31,6)7)14-23-25(32)29-27(34)30(26(23)33)21-11-17(3)10-18(4)12-21/h8-14,16,19H,15H2,1-7H3,(H,29,32,34)/b23-14+/t19-/m0/s1. The Hall–Kier alpha value is -3.41. The number of fused-ring (bicyclic) bond motifs is 1. The fourth-order valence-electron chi connectivity index (χ4n) is 5.68. The summed E-state index contributed by atoms with van der Waals surface area (Å²) < 4.78 is 0. The van der Waals surface area contributed by atoms with Gasteiger partial charge in [-0.1, -0.05) is 19.1 Å². The molecule has 1 saturated heterocycles. The van der Waals surface area contributed by atoms with Gasteiger partial charge in [0.05, 0.1) is 5.69 Å². The molecule has 1 fully saturated rings. The molecule has 178 valence electrons. The van der Waals surface area contributed by atoms with Gasteiger partial charge in [-0.3, -0.25) is 14.9 Å². The summed E-state index contributed by atoms with van der Waals surface area (Å²) >= 11 is 0. The Morgan fingerprint density at radius 2 is 1.68 bits per heavy atom. The zero-order valence-corrected chi connectivity index (χ0v) is 21.0. The molecule has 2 heterocycles. The Labute approximate surface area is 201 Å². The summed E-state index contributed by atoms with van der Waals surface area (Å²) in [4.78, 5) is 42.0. The lowest BCUT2D eigenvalue weighted by molar-refractivity contribution is -0.122. The summed E-state index contributed by atoms with van der Waals surface area (Å²) in [5.74, 6) is -0.955. The molecule has 4 amide bonds. The van der Waals surface area contributed by atoms with E-state index in [-0.39, 0.29) is 11.1 Å². The van der Waals surface area contributed by atoms with Crippen LogP contribution in [0.25, 0.3) is 6.08 Å². The Balaban J connectivity index is 1.75. The van der Waals surface area contributed by atoms with Gasteiger partial charge in [0.2, 0.25) is 0 Å². The summed E-state index contributed by atoms with van der Waals surface area (Å²) in [7, 11) is 0. The molecule has 2 aromatic carbocycles. The second-order valence-corrected chi connectivity index (χ2v) is 10.5. The lowest BCUT2D eigenvalue weighted by atomic mass is 9.78. The SMILES string of the molecule is Cc1cc(C)cc(N2C(=O)NC(=O)/C(=C\c3ccc4c(c3)[C@@H](C)CC(C)(C)N4C(C)C)C2=O)c1. The number of rotatable bonds is 3. The lowest BCUT2D eigenvalue weighted by Crippen LogP contribution is -2.54. The van der Waals surface area contributed by atoms with Gasteiger partial charge in [0, 0.05) is 17.3 Å². The molecule has 0 saturated carbocycles. The first-order chi connectivity index (χ1) is 15.9. The Bertz CT molecular complexity index is 1210. The van der Waals surface area contributed by atoms with E-state index < -0.39 is 17.8 Å². The van der Waals surface area contributed by atoms with E-state index >= 15 is 0 Å². The molecule has 2 aliphatic rings. The van der Waals surface area contributed by atoms with Crippen LogP contribution in [-0.4, -0.2) is 29.4 Å². The molecule has 1 N–H and O–H groups in total. The van der Waals surface area contributed by atoms with Gasteiger partial charge in [-0.05, 0) is 106 Å². The van der Waals surface area contributed by atoms with Crippen molar-refractivity contribution in [3.63, 3.8) is 0 Å². The third-order valence-electron chi connectivity index (χ3n) is 6.69. The van der Waals surface area contributed by atoms with E-state index in [1.807, 2.05) is 26.0 Å². The first kappa shape index (κ1) is 23.7. The molecule has 6 nitrogen and oxygen atoms in total. The van der Waals surface area contributed by atoms with E-state index in [1.54, 1.807) is 18.2 Å². The van der Waals surface area contributed by atoms with Crippen molar-refractivity contribution in [2.24, 2.45) is 0 Å². The molecule has 1 atom stereocenters. The van der Waals surface area contributed by atoms with Gasteiger partial charge >= 0.3 is 6.03 Å². The Morgan fingerprint density at radius 1 is 1.03 bits per heavy atom. The minimum atomic E-state index is -0.731. The highest BCUT2D eigenvalue weighted by atomic mass is 16.2. The number of nitrogens with zero attached hydrogens (tertiary/aromatic N) is 2. The highest BCUT2D eigenvalue weighted by Crippen LogP contribution is 2.44. The quantitative estimate of drug-likeness (QED) is 0.488. The summed E-state index contributed by atoms with van der Waals surface area (Å²) in [5.41, 5.74) is 5.45. The molecule has 0 aliphatic carbocycles. The molecule has 6 heteroatoms. The smallest absolute Gasteiger partial charge is 0.335 e. The number of carbonyl (C=O) groups excluding carboxylic acids is 3. The lowest BCUT2D eigenvalue weighted by Gasteiger charge is -2.50. The highest BCUT2D eigenvalue weighted by molar-refractivity contribution is 6.39. The van der Waals surface area contributed by atoms with Crippen LogP contribution >= 0.6 is 0 Å². The van der Waals surface area contributed by atoms with Gasteiger partial charge in [0.1, 0.15) is 5.57 Å². The third-order valence-corrected chi connectivity index (χ3v) is 6.69. The van der Waals surface area contributed by atoms with E-state index in [9.17, 15) is 14.4 Å². The van der Waals surface area contributed by atoms with Crippen LogP contribution in [0.2, 0.25) is 0 Å². The number of amides is 4. The topological polar surface area (TPSA) is 69.7 Å². The summed E-state index contributed by atoms with van der Waals surface area (Å²) in [6.07, 6.45) is 2.60. The zero-order chi connectivity index (χ0) is 24.9. The van der Waals surface area contributed by atoms with Crippen LogP contribution in [0.5, 0.6) is 0 Å². The normalized spacial score (nSPS) is 21.2. The first-order valence-electron chi connectivity index (χ1n) is 11.8. The van der Waals surface area contributed by atoms with Gasteiger partial charge in [0.25, 0.3) is 11.8 Å². The largest absolute Gasteiger partial charge is 0.364 e. The van der Waals surface area contributed by atoms with Crippen molar-refractivity contribution < 1.29 is 14.4 Å². The van der Waals surface area contributed by atoms with Crippen LogP contribution < -0.4 is 15.1 Å². The van der Waals surface area contributed by atoms with Crippen molar-refractivity contribution in [1.29, 1.82) is 0 Å². The number of imide groups is 2. The van der Waals surface area contributed by atoms with Crippen molar-refractivity contribution in [3.05, 3.63) is 64.2 Å². The predicted molar refractivity (Wildman–Crippen MR) is 136 cm³/mol. The highest BCUT2D eigenvalue weighted by Gasteiger charge is 2.39. The van der Waals surface area contributed by atoms with Crippen LogP contribution in [0.15, 0.2) is 42.0 Å². The van der Waals surface area contributed by atoms with Crippen LogP contribution in [-0.2, 0) is 9.59 Å². The number of carbonyl (C=O) groups is 3. The molecule has 0 aromatic heterocycles. The molecule has 2 aromatic rings. The molecular weight excluding hydrogens is 426 g/mol. The van der Waals surface area contributed by atoms with E-state index in [0.717, 1.165) is 28.0 Å². The van der Waals surface area contributed by atoms with Gasteiger partial charge in [0.15, 0.2) is 0 Å². The summed E-state index contributed by atoms with van der Waals surface area (Å²) in [6.45, 7) is 15.0. The third kappa shape index (κ3) is 4.13. The molecule has 34 heavy (non-hydrogen) atoms. The van der Waals surface area contributed by atoms with Crippen molar-refractivity contribution >= 4 is 35.3 Å². The molecule has 2 aliphatic heterocycles. The molecule has 0 unspecified atom stereocenters. The van der Waals surface area contributed by atoms with E-state index in [1.165, 1.54) is 11.3 Å². The number of benzene rings is 2. The van der Waals surface area contributed by atoms with Crippen molar-refractivity contribution in [1.82, 2.24) is 5.32 Å². The Morgan fingerprint density at radius 3 is 2.29 bits per heavy atom.